The summed E-state index contributed by atoms with van der Waals surface area (Å²) >= 11 is 0. The third-order valence-corrected chi connectivity index (χ3v) is 2.18. The van der Waals surface area contributed by atoms with Crippen molar-refractivity contribution < 1.29 is 73.6 Å². The summed E-state index contributed by atoms with van der Waals surface area (Å²) in [5.41, 5.74) is 0. The SMILES string of the molecule is CCCCCCCCOS(=O)(=O)[O-].CCO.[K+]. The Labute approximate surface area is 148 Å². The maximum absolute atomic E-state index is 9.99. The standard InChI is InChI=1S/C8H18O4S.C2H6O.K/c1-2-3-4-5-6-7-8-12-13(9,10)11;1-2-3;/h2-8H2,1H3,(H,9,10,11);3H,2H2,1H3;/q;;+1/p-1. The first-order valence-corrected chi connectivity index (χ1v) is 7.02. The Balaban J connectivity index is -0.000000440. The predicted molar refractivity (Wildman–Crippen MR) is 61.8 cm³/mol. The fourth-order valence-electron chi connectivity index (χ4n) is 1.04. The van der Waals surface area contributed by atoms with Gasteiger partial charge in [0.15, 0.2) is 0 Å². The third-order valence-electron chi connectivity index (χ3n) is 1.73. The summed E-state index contributed by atoms with van der Waals surface area (Å²) in [5, 5.41) is 7.57. The quantitative estimate of drug-likeness (QED) is 0.264. The minimum Gasteiger partial charge on any atom is -0.726 e. The molecule has 0 spiro atoms. The van der Waals surface area contributed by atoms with Crippen LogP contribution in [0.5, 0.6) is 0 Å². The zero-order chi connectivity index (χ0) is 12.9. The molecule has 0 unspecified atom stereocenters. The molecule has 0 heterocycles. The van der Waals surface area contributed by atoms with Gasteiger partial charge in [0, 0.05) is 6.61 Å². The van der Waals surface area contributed by atoms with Gasteiger partial charge in [-0.2, -0.15) is 0 Å². The molecule has 0 rings (SSSR count). The topological polar surface area (TPSA) is 86.7 Å². The summed E-state index contributed by atoms with van der Waals surface area (Å²) in [5.74, 6) is 0. The van der Waals surface area contributed by atoms with Crippen molar-refractivity contribution in [3.05, 3.63) is 0 Å². The number of rotatable bonds is 8. The van der Waals surface area contributed by atoms with Crippen molar-refractivity contribution in [2.45, 2.75) is 52.4 Å². The number of aliphatic hydroxyl groups is 1. The Bertz CT molecular complexity index is 219. The second-order valence-corrected chi connectivity index (χ2v) is 4.37. The Kier molecular flexibility index (Phi) is 24.2. The Morgan fingerprint density at radius 3 is 1.88 bits per heavy atom. The predicted octanol–water partition coefficient (Wildman–Crippen LogP) is -1.17. The maximum atomic E-state index is 9.99. The van der Waals surface area contributed by atoms with Crippen LogP contribution in [0, 0.1) is 0 Å². The van der Waals surface area contributed by atoms with Crippen molar-refractivity contribution >= 4 is 10.4 Å². The van der Waals surface area contributed by atoms with Gasteiger partial charge in [-0.1, -0.05) is 39.0 Å². The van der Waals surface area contributed by atoms with Gasteiger partial charge in [-0.25, -0.2) is 8.42 Å². The molecule has 0 aromatic rings. The number of hydrogen-bond donors (Lipinski definition) is 1. The normalized spacial score (nSPS) is 10.1. The van der Waals surface area contributed by atoms with Crippen molar-refractivity contribution in [2.24, 2.45) is 0 Å². The van der Waals surface area contributed by atoms with E-state index in [0.717, 1.165) is 12.8 Å². The average molecular weight is 294 g/mol. The number of aliphatic hydroxyl groups excluding tert-OH is 1. The van der Waals surface area contributed by atoms with Crippen LogP contribution >= 0.6 is 0 Å². The Morgan fingerprint density at radius 2 is 1.47 bits per heavy atom. The van der Waals surface area contributed by atoms with Gasteiger partial charge >= 0.3 is 51.4 Å². The van der Waals surface area contributed by atoms with Crippen molar-refractivity contribution in [3.8, 4) is 0 Å². The summed E-state index contributed by atoms with van der Waals surface area (Å²) in [6.07, 6.45) is 6.21. The molecule has 1 N–H and O–H groups in total. The summed E-state index contributed by atoms with van der Waals surface area (Å²) in [7, 11) is -4.47. The van der Waals surface area contributed by atoms with E-state index in [2.05, 4.69) is 11.1 Å². The van der Waals surface area contributed by atoms with Crippen LogP contribution in [0.15, 0.2) is 0 Å². The smallest absolute Gasteiger partial charge is 0.726 e. The van der Waals surface area contributed by atoms with E-state index in [1.165, 1.54) is 19.3 Å². The Morgan fingerprint density at radius 1 is 1.06 bits per heavy atom. The molecule has 17 heavy (non-hydrogen) atoms. The fraction of sp³-hybridized carbons (Fsp3) is 1.00. The molecule has 0 bridgehead atoms. The van der Waals surface area contributed by atoms with Crippen LogP contribution in [0.3, 0.4) is 0 Å². The van der Waals surface area contributed by atoms with Crippen molar-refractivity contribution in [2.75, 3.05) is 13.2 Å². The molecule has 0 fully saturated rings. The van der Waals surface area contributed by atoms with Gasteiger partial charge in [-0.15, -0.1) is 0 Å². The monoisotopic (exact) mass is 294 g/mol. The average Bonchev–Trinajstić information content (AvgIpc) is 2.16. The molecule has 100 valence electrons. The molecule has 0 atom stereocenters. The molecule has 0 aliphatic heterocycles. The van der Waals surface area contributed by atoms with E-state index < -0.39 is 10.4 Å². The largest absolute Gasteiger partial charge is 1.00 e. The van der Waals surface area contributed by atoms with E-state index in [1.54, 1.807) is 6.92 Å². The molecular weight excluding hydrogens is 271 g/mol. The van der Waals surface area contributed by atoms with Crippen LogP contribution in [-0.4, -0.2) is 31.3 Å². The van der Waals surface area contributed by atoms with Crippen LogP contribution in [0.25, 0.3) is 0 Å². The molecular formula is C10H23KO5S. The van der Waals surface area contributed by atoms with Gasteiger partial charge in [-0.3, -0.25) is 4.18 Å². The van der Waals surface area contributed by atoms with Crippen LogP contribution < -0.4 is 51.4 Å². The molecule has 0 saturated carbocycles. The van der Waals surface area contributed by atoms with Crippen LogP contribution in [-0.2, 0) is 14.6 Å². The van der Waals surface area contributed by atoms with Crippen LogP contribution in [0.2, 0.25) is 0 Å². The molecule has 0 amide bonds. The summed E-state index contributed by atoms with van der Waals surface area (Å²) in [6, 6.07) is 0. The van der Waals surface area contributed by atoms with Gasteiger partial charge < -0.3 is 9.66 Å². The Hall–Kier alpha value is 1.47. The number of unbranched alkanes of at least 4 members (excludes halogenated alkanes) is 5. The van der Waals surface area contributed by atoms with Crippen LogP contribution in [0.4, 0.5) is 0 Å². The van der Waals surface area contributed by atoms with Crippen LogP contribution in [0.1, 0.15) is 52.4 Å². The molecule has 0 aromatic heterocycles. The molecule has 0 aliphatic carbocycles. The molecule has 5 nitrogen and oxygen atoms in total. The van der Waals surface area contributed by atoms with Crippen molar-refractivity contribution in [3.63, 3.8) is 0 Å². The minimum atomic E-state index is -4.47. The second kappa shape index (κ2) is 17.5. The van der Waals surface area contributed by atoms with Gasteiger partial charge in [-0.05, 0) is 13.3 Å². The third kappa shape index (κ3) is 31.8. The first-order valence-electron chi connectivity index (χ1n) is 5.69. The number of hydrogen-bond acceptors (Lipinski definition) is 5. The van der Waals surface area contributed by atoms with Crippen molar-refractivity contribution in [1.82, 2.24) is 0 Å². The van der Waals surface area contributed by atoms with Gasteiger partial charge in [0.1, 0.15) is 0 Å². The van der Waals surface area contributed by atoms with E-state index in [0.29, 0.717) is 6.42 Å². The van der Waals surface area contributed by atoms with E-state index >= 15 is 0 Å². The zero-order valence-corrected chi connectivity index (χ0v) is 15.1. The summed E-state index contributed by atoms with van der Waals surface area (Å²) in [4.78, 5) is 0. The molecule has 0 saturated heterocycles. The minimum absolute atomic E-state index is 0. The molecule has 0 radical (unpaired) electrons. The molecule has 7 heteroatoms. The second-order valence-electron chi connectivity index (χ2n) is 3.31. The molecule has 0 aliphatic rings. The van der Waals surface area contributed by atoms with E-state index in [-0.39, 0.29) is 64.6 Å². The zero-order valence-electron chi connectivity index (χ0n) is 11.1. The van der Waals surface area contributed by atoms with E-state index in [4.69, 9.17) is 5.11 Å². The molecule has 0 aromatic carbocycles. The van der Waals surface area contributed by atoms with E-state index in [9.17, 15) is 13.0 Å². The first-order chi connectivity index (χ1) is 7.47. The first kappa shape index (κ1) is 23.6. The van der Waals surface area contributed by atoms with E-state index in [1.807, 2.05) is 0 Å². The van der Waals surface area contributed by atoms with Gasteiger partial charge in [0.05, 0.1) is 6.61 Å². The maximum Gasteiger partial charge on any atom is 1.00 e. The van der Waals surface area contributed by atoms with Gasteiger partial charge in [0.2, 0.25) is 10.4 Å². The fourth-order valence-corrected chi connectivity index (χ4v) is 1.37. The van der Waals surface area contributed by atoms with Crippen molar-refractivity contribution in [1.29, 1.82) is 0 Å². The summed E-state index contributed by atoms with van der Waals surface area (Å²) < 4.78 is 34.0. The van der Waals surface area contributed by atoms with Gasteiger partial charge in [0.25, 0.3) is 0 Å². The summed E-state index contributed by atoms with van der Waals surface area (Å²) in [6.45, 7) is 4.09.